The molecule has 0 spiro atoms. The minimum atomic E-state index is -1.53. The highest BCUT2D eigenvalue weighted by atomic mass is 16.7. The van der Waals surface area contributed by atoms with Crippen LogP contribution in [0.15, 0.2) is 0 Å². The number of aliphatic hydroxyl groups excluding tert-OH is 5. The molecule has 0 aromatic rings. The topological polar surface area (TPSA) is 158 Å². The fourth-order valence-electron chi connectivity index (χ4n) is 3.04. The number of unbranched alkanes of at least 4 members (excludes halogenated alkanes) is 3. The van der Waals surface area contributed by atoms with Crippen LogP contribution in [0.2, 0.25) is 0 Å². The van der Waals surface area contributed by atoms with Crippen molar-refractivity contribution in [3.8, 4) is 0 Å². The zero-order valence-corrected chi connectivity index (χ0v) is 17.4. The largest absolute Gasteiger partial charge is 0.391 e. The minimum Gasteiger partial charge on any atom is -0.391 e. The lowest BCUT2D eigenvalue weighted by molar-refractivity contribution is -0.304. The Labute approximate surface area is 171 Å². The van der Waals surface area contributed by atoms with Gasteiger partial charge in [-0.2, -0.15) is 0 Å². The van der Waals surface area contributed by atoms with Crippen LogP contribution in [0.3, 0.4) is 0 Å². The second kappa shape index (κ2) is 13.5. The molecule has 172 valence electrons. The molecule has 0 bridgehead atoms. The number of ether oxygens (including phenoxy) is 3. The maximum atomic E-state index is 11.3. The quantitative estimate of drug-likeness (QED) is 0.197. The Morgan fingerprint density at radius 2 is 1.79 bits per heavy atom. The maximum Gasteiger partial charge on any atom is 0.217 e. The van der Waals surface area contributed by atoms with Gasteiger partial charge in [-0.1, -0.05) is 26.2 Å². The first-order chi connectivity index (χ1) is 13.7. The summed E-state index contributed by atoms with van der Waals surface area (Å²) < 4.78 is 16.5. The Morgan fingerprint density at radius 3 is 2.38 bits per heavy atom. The molecule has 0 saturated carbocycles. The standard InChI is InChI=1S/C19H37NO9/c1-4-5-6-7-8-27-10-14-16(24)17(25)18(26)19(29-14)28-9-13(20-12(3)22)15(23)11(2)21/h11,13-19,21,23-26H,4-10H2,1-3H3,(H,20,22)/t11-,13+,14?,15-,16?,17?,18?,19?/m1/s1. The second-order valence-electron chi connectivity index (χ2n) is 7.52. The van der Waals surface area contributed by atoms with Crippen molar-refractivity contribution in [2.24, 2.45) is 0 Å². The molecular formula is C19H37NO9. The summed E-state index contributed by atoms with van der Waals surface area (Å²) >= 11 is 0. The van der Waals surface area contributed by atoms with Gasteiger partial charge in [0.05, 0.1) is 25.4 Å². The Morgan fingerprint density at radius 1 is 1.10 bits per heavy atom. The summed E-state index contributed by atoms with van der Waals surface area (Å²) in [5.74, 6) is -0.437. The summed E-state index contributed by atoms with van der Waals surface area (Å²) in [6.07, 6.45) is -4.93. The van der Waals surface area contributed by atoms with Crippen molar-refractivity contribution in [2.75, 3.05) is 19.8 Å². The molecule has 1 aliphatic heterocycles. The van der Waals surface area contributed by atoms with E-state index in [1.54, 1.807) is 0 Å². The SMILES string of the molecule is CCCCCCOCC1OC(OC[C@H](NC(C)=O)[C@H](O)[C@@H](C)O)C(O)C(O)C1O. The Hall–Kier alpha value is -0.850. The molecule has 1 rings (SSSR count). The third-order valence-electron chi connectivity index (χ3n) is 4.83. The van der Waals surface area contributed by atoms with Gasteiger partial charge in [0.15, 0.2) is 6.29 Å². The van der Waals surface area contributed by atoms with Gasteiger partial charge in [0.2, 0.25) is 5.91 Å². The number of hydrogen-bond acceptors (Lipinski definition) is 9. The van der Waals surface area contributed by atoms with Crippen molar-refractivity contribution in [3.05, 3.63) is 0 Å². The number of amides is 1. The van der Waals surface area contributed by atoms with Crippen molar-refractivity contribution in [1.29, 1.82) is 0 Å². The first-order valence-electron chi connectivity index (χ1n) is 10.2. The van der Waals surface area contributed by atoms with E-state index in [2.05, 4.69) is 12.2 Å². The van der Waals surface area contributed by atoms with Crippen LogP contribution in [0.5, 0.6) is 0 Å². The Bertz CT molecular complexity index is 465. The fourth-order valence-corrected chi connectivity index (χ4v) is 3.04. The summed E-state index contributed by atoms with van der Waals surface area (Å²) in [5.41, 5.74) is 0. The number of aliphatic hydroxyl groups is 5. The number of nitrogens with one attached hydrogen (secondary N) is 1. The lowest BCUT2D eigenvalue weighted by Gasteiger charge is -2.40. The lowest BCUT2D eigenvalue weighted by atomic mass is 9.99. The van der Waals surface area contributed by atoms with Gasteiger partial charge in [-0.15, -0.1) is 0 Å². The van der Waals surface area contributed by atoms with Gasteiger partial charge in [0, 0.05) is 13.5 Å². The van der Waals surface area contributed by atoms with E-state index in [9.17, 15) is 30.3 Å². The maximum absolute atomic E-state index is 11.3. The van der Waals surface area contributed by atoms with Gasteiger partial charge in [0.25, 0.3) is 0 Å². The highest BCUT2D eigenvalue weighted by Crippen LogP contribution is 2.23. The van der Waals surface area contributed by atoms with Crippen LogP contribution in [0.25, 0.3) is 0 Å². The molecule has 1 heterocycles. The average Bonchev–Trinajstić information content (AvgIpc) is 2.67. The summed E-state index contributed by atoms with van der Waals surface area (Å²) in [5, 5.41) is 52.4. The third kappa shape index (κ3) is 8.81. The number of carbonyl (C=O) groups is 1. The smallest absolute Gasteiger partial charge is 0.217 e. The molecule has 10 heteroatoms. The molecule has 10 nitrogen and oxygen atoms in total. The summed E-state index contributed by atoms with van der Waals surface area (Å²) in [7, 11) is 0. The molecule has 1 fully saturated rings. The van der Waals surface area contributed by atoms with Crippen molar-refractivity contribution in [3.63, 3.8) is 0 Å². The highest BCUT2D eigenvalue weighted by molar-refractivity contribution is 5.73. The van der Waals surface area contributed by atoms with E-state index in [1.807, 2.05) is 0 Å². The zero-order valence-electron chi connectivity index (χ0n) is 17.4. The van der Waals surface area contributed by atoms with E-state index in [0.717, 1.165) is 25.7 Å². The highest BCUT2D eigenvalue weighted by Gasteiger charge is 2.44. The van der Waals surface area contributed by atoms with Crippen LogP contribution in [-0.2, 0) is 19.0 Å². The van der Waals surface area contributed by atoms with Crippen LogP contribution in [0.1, 0.15) is 46.5 Å². The first-order valence-corrected chi connectivity index (χ1v) is 10.2. The van der Waals surface area contributed by atoms with Gasteiger partial charge >= 0.3 is 0 Å². The van der Waals surface area contributed by atoms with Gasteiger partial charge in [-0.05, 0) is 13.3 Å². The molecule has 0 aromatic carbocycles. The molecule has 5 unspecified atom stereocenters. The fraction of sp³-hybridized carbons (Fsp3) is 0.947. The molecule has 0 aliphatic carbocycles. The van der Waals surface area contributed by atoms with E-state index >= 15 is 0 Å². The molecule has 1 saturated heterocycles. The van der Waals surface area contributed by atoms with Crippen LogP contribution in [-0.4, -0.2) is 100 Å². The molecule has 1 aliphatic rings. The first kappa shape index (κ1) is 26.2. The van der Waals surface area contributed by atoms with Crippen LogP contribution >= 0.6 is 0 Å². The minimum absolute atomic E-state index is 0.0162. The van der Waals surface area contributed by atoms with E-state index in [-0.39, 0.29) is 13.2 Å². The molecule has 0 aromatic heterocycles. The Kier molecular flexibility index (Phi) is 12.1. The van der Waals surface area contributed by atoms with Gasteiger partial charge in [-0.3, -0.25) is 4.79 Å². The molecular weight excluding hydrogens is 386 g/mol. The molecule has 29 heavy (non-hydrogen) atoms. The van der Waals surface area contributed by atoms with Crippen LogP contribution in [0.4, 0.5) is 0 Å². The zero-order chi connectivity index (χ0) is 22.0. The second-order valence-corrected chi connectivity index (χ2v) is 7.52. The summed E-state index contributed by atoms with van der Waals surface area (Å²) in [6, 6.07) is -0.958. The molecule has 0 radical (unpaired) electrons. The predicted molar refractivity (Wildman–Crippen MR) is 103 cm³/mol. The van der Waals surface area contributed by atoms with Crippen molar-refractivity contribution in [2.45, 2.75) is 95.4 Å². The molecule has 8 atom stereocenters. The van der Waals surface area contributed by atoms with Crippen LogP contribution < -0.4 is 5.32 Å². The molecule has 6 N–H and O–H groups in total. The van der Waals surface area contributed by atoms with E-state index in [0.29, 0.717) is 6.61 Å². The van der Waals surface area contributed by atoms with Crippen LogP contribution in [0, 0.1) is 0 Å². The Balaban J connectivity index is 2.60. The summed E-state index contributed by atoms with van der Waals surface area (Å²) in [4.78, 5) is 11.3. The van der Waals surface area contributed by atoms with Gasteiger partial charge in [0.1, 0.15) is 30.5 Å². The van der Waals surface area contributed by atoms with E-state index in [1.165, 1.54) is 13.8 Å². The summed E-state index contributed by atoms with van der Waals surface area (Å²) in [6.45, 7) is 4.93. The predicted octanol–water partition coefficient (Wildman–Crippen LogP) is -1.35. The average molecular weight is 424 g/mol. The lowest BCUT2D eigenvalue weighted by Crippen LogP contribution is -2.60. The van der Waals surface area contributed by atoms with E-state index in [4.69, 9.17) is 14.2 Å². The van der Waals surface area contributed by atoms with Gasteiger partial charge < -0.3 is 45.1 Å². The van der Waals surface area contributed by atoms with E-state index < -0.39 is 54.9 Å². The van der Waals surface area contributed by atoms with Crippen molar-refractivity contribution >= 4 is 5.91 Å². The number of carbonyl (C=O) groups excluding carboxylic acids is 1. The number of hydrogen-bond donors (Lipinski definition) is 6. The van der Waals surface area contributed by atoms with Gasteiger partial charge in [-0.25, -0.2) is 0 Å². The molecule has 1 amide bonds. The third-order valence-corrected chi connectivity index (χ3v) is 4.83. The number of rotatable bonds is 13. The normalized spacial score (nSPS) is 30.6. The van der Waals surface area contributed by atoms with Crippen molar-refractivity contribution < 1.29 is 44.5 Å². The van der Waals surface area contributed by atoms with Crippen molar-refractivity contribution in [1.82, 2.24) is 5.32 Å². The monoisotopic (exact) mass is 423 g/mol.